The van der Waals surface area contributed by atoms with Gasteiger partial charge >= 0.3 is 0 Å². The Morgan fingerprint density at radius 3 is 2.75 bits per heavy atom. The Morgan fingerprint density at radius 2 is 1.90 bits per heavy atom. The first-order valence-electron chi connectivity index (χ1n) is 5.99. The van der Waals surface area contributed by atoms with Crippen molar-refractivity contribution in [3.8, 4) is 0 Å². The summed E-state index contributed by atoms with van der Waals surface area (Å²) in [5.41, 5.74) is 8.11. The van der Waals surface area contributed by atoms with Crippen molar-refractivity contribution in [1.29, 1.82) is 0 Å². The maximum atomic E-state index is 13.3. The van der Waals surface area contributed by atoms with Gasteiger partial charge in [-0.3, -0.25) is 4.98 Å². The molecule has 0 aliphatic carbocycles. The molecule has 0 saturated heterocycles. The van der Waals surface area contributed by atoms with Crippen molar-refractivity contribution < 1.29 is 4.39 Å². The Bertz CT molecular complexity index is 789. The molecule has 0 bridgehead atoms. The van der Waals surface area contributed by atoms with Crippen molar-refractivity contribution in [2.24, 2.45) is 0 Å². The molecule has 3 aromatic rings. The van der Waals surface area contributed by atoms with Gasteiger partial charge in [0.2, 0.25) is 0 Å². The number of nitrogens with one attached hydrogen (secondary N) is 1. The fourth-order valence-corrected chi connectivity index (χ4v) is 2.41. The Balaban J connectivity index is 2.11. The third-order valence-electron chi connectivity index (χ3n) is 3.05. The third-order valence-corrected chi connectivity index (χ3v) is 3.74. The van der Waals surface area contributed by atoms with E-state index < -0.39 is 0 Å². The molecule has 1 aromatic heterocycles. The number of pyridine rings is 1. The van der Waals surface area contributed by atoms with Gasteiger partial charge in [0.15, 0.2) is 0 Å². The van der Waals surface area contributed by atoms with Gasteiger partial charge in [-0.15, -0.1) is 0 Å². The SMILES string of the molecule is Nc1ccc(Nc2cc(F)ccc2Br)c2ccncc12. The molecule has 1 heterocycles. The van der Waals surface area contributed by atoms with Gasteiger partial charge in [0.25, 0.3) is 0 Å². The summed E-state index contributed by atoms with van der Waals surface area (Å²) < 4.78 is 14.1. The lowest BCUT2D eigenvalue weighted by atomic mass is 10.1. The summed E-state index contributed by atoms with van der Waals surface area (Å²) in [7, 11) is 0. The summed E-state index contributed by atoms with van der Waals surface area (Å²) in [6.45, 7) is 0. The Morgan fingerprint density at radius 1 is 1.05 bits per heavy atom. The highest BCUT2D eigenvalue weighted by Gasteiger charge is 2.07. The third kappa shape index (κ3) is 2.32. The summed E-state index contributed by atoms with van der Waals surface area (Å²) in [5.74, 6) is -0.294. The molecular weight excluding hydrogens is 321 g/mol. The van der Waals surface area contributed by atoms with E-state index in [-0.39, 0.29) is 5.82 Å². The highest BCUT2D eigenvalue weighted by molar-refractivity contribution is 9.10. The number of fused-ring (bicyclic) bond motifs is 1. The number of nitrogen functional groups attached to an aromatic ring is 1. The second kappa shape index (κ2) is 5.09. The number of nitrogens with two attached hydrogens (primary N) is 1. The maximum absolute atomic E-state index is 13.3. The van der Waals surface area contributed by atoms with E-state index in [4.69, 9.17) is 5.73 Å². The van der Waals surface area contributed by atoms with Crippen molar-refractivity contribution in [1.82, 2.24) is 4.98 Å². The normalized spacial score (nSPS) is 10.7. The van der Waals surface area contributed by atoms with Crippen LogP contribution in [0.1, 0.15) is 0 Å². The molecule has 0 spiro atoms. The topological polar surface area (TPSA) is 50.9 Å². The van der Waals surface area contributed by atoms with Crippen LogP contribution in [-0.4, -0.2) is 4.98 Å². The molecule has 100 valence electrons. The molecule has 0 saturated carbocycles. The average molecular weight is 332 g/mol. The van der Waals surface area contributed by atoms with E-state index in [0.29, 0.717) is 11.4 Å². The first kappa shape index (κ1) is 12.9. The number of anilines is 3. The predicted octanol–water partition coefficient (Wildman–Crippen LogP) is 4.46. The molecule has 0 fully saturated rings. The van der Waals surface area contributed by atoms with Crippen molar-refractivity contribution >= 4 is 43.8 Å². The zero-order chi connectivity index (χ0) is 14.1. The van der Waals surface area contributed by atoms with Gasteiger partial charge in [-0.1, -0.05) is 0 Å². The molecule has 3 nitrogen and oxygen atoms in total. The quantitative estimate of drug-likeness (QED) is 0.681. The number of hydrogen-bond donors (Lipinski definition) is 2. The minimum Gasteiger partial charge on any atom is -0.398 e. The molecule has 0 unspecified atom stereocenters. The average Bonchev–Trinajstić information content (AvgIpc) is 2.46. The lowest BCUT2D eigenvalue weighted by molar-refractivity contribution is 0.628. The minimum absolute atomic E-state index is 0.294. The first-order chi connectivity index (χ1) is 9.65. The summed E-state index contributed by atoms with van der Waals surface area (Å²) in [4.78, 5) is 4.08. The Hall–Kier alpha value is -2.14. The van der Waals surface area contributed by atoms with Gasteiger partial charge in [0.1, 0.15) is 5.82 Å². The number of hydrogen-bond acceptors (Lipinski definition) is 3. The summed E-state index contributed by atoms with van der Waals surface area (Å²) >= 11 is 3.40. The van der Waals surface area contributed by atoms with Crippen molar-refractivity contribution in [3.05, 3.63) is 59.1 Å². The van der Waals surface area contributed by atoms with Crippen molar-refractivity contribution in [2.45, 2.75) is 0 Å². The lowest BCUT2D eigenvalue weighted by Crippen LogP contribution is -1.96. The molecule has 3 N–H and O–H groups in total. The van der Waals surface area contributed by atoms with E-state index in [2.05, 4.69) is 26.2 Å². The number of nitrogens with zero attached hydrogens (tertiary/aromatic N) is 1. The highest BCUT2D eigenvalue weighted by Crippen LogP contribution is 2.32. The summed E-state index contributed by atoms with van der Waals surface area (Å²) in [5, 5.41) is 5.02. The van der Waals surface area contributed by atoms with Gasteiger partial charge in [-0.05, 0) is 52.3 Å². The number of benzene rings is 2. The first-order valence-corrected chi connectivity index (χ1v) is 6.79. The van der Waals surface area contributed by atoms with Crippen LogP contribution in [0.3, 0.4) is 0 Å². The molecule has 0 aliphatic heterocycles. The van der Waals surface area contributed by atoms with E-state index in [1.54, 1.807) is 24.5 Å². The largest absolute Gasteiger partial charge is 0.398 e. The monoisotopic (exact) mass is 331 g/mol. The summed E-state index contributed by atoms with van der Waals surface area (Å²) in [6.07, 6.45) is 3.42. The lowest BCUT2D eigenvalue weighted by Gasteiger charge is -2.12. The van der Waals surface area contributed by atoms with Crippen LogP contribution in [0.4, 0.5) is 21.5 Å². The van der Waals surface area contributed by atoms with E-state index in [0.717, 1.165) is 20.9 Å². The van der Waals surface area contributed by atoms with Crippen LogP contribution in [0.25, 0.3) is 10.8 Å². The smallest absolute Gasteiger partial charge is 0.125 e. The molecular formula is C15H11BrFN3. The van der Waals surface area contributed by atoms with Gasteiger partial charge in [-0.2, -0.15) is 0 Å². The molecule has 3 rings (SSSR count). The minimum atomic E-state index is -0.294. The number of aromatic nitrogens is 1. The zero-order valence-electron chi connectivity index (χ0n) is 10.4. The van der Waals surface area contributed by atoms with E-state index >= 15 is 0 Å². The molecule has 0 amide bonds. The summed E-state index contributed by atoms with van der Waals surface area (Å²) in [6, 6.07) is 10.1. The van der Waals surface area contributed by atoms with E-state index in [1.807, 2.05) is 12.1 Å². The van der Waals surface area contributed by atoms with Crippen molar-refractivity contribution in [2.75, 3.05) is 11.1 Å². The van der Waals surface area contributed by atoms with Crippen LogP contribution in [0, 0.1) is 5.82 Å². The number of halogens is 2. The highest BCUT2D eigenvalue weighted by atomic mass is 79.9. The van der Waals surface area contributed by atoms with Crippen LogP contribution in [0.5, 0.6) is 0 Å². The van der Waals surface area contributed by atoms with Gasteiger partial charge < -0.3 is 11.1 Å². The standard InChI is InChI=1S/C15H11BrFN3/c16-12-2-1-9(17)7-15(12)20-14-4-3-13(18)11-8-19-6-5-10(11)14/h1-8,20H,18H2. The molecule has 2 aromatic carbocycles. The number of rotatable bonds is 2. The predicted molar refractivity (Wildman–Crippen MR) is 83.5 cm³/mol. The zero-order valence-corrected chi connectivity index (χ0v) is 12.0. The van der Waals surface area contributed by atoms with Crippen LogP contribution in [0.15, 0.2) is 53.3 Å². The molecule has 0 atom stereocenters. The van der Waals surface area contributed by atoms with Gasteiger partial charge in [-0.25, -0.2) is 4.39 Å². The molecule has 0 radical (unpaired) electrons. The second-order valence-electron chi connectivity index (χ2n) is 4.37. The van der Waals surface area contributed by atoms with Crippen LogP contribution in [-0.2, 0) is 0 Å². The molecule has 0 aliphatic rings. The van der Waals surface area contributed by atoms with E-state index in [9.17, 15) is 4.39 Å². The molecule has 5 heteroatoms. The van der Waals surface area contributed by atoms with E-state index in [1.165, 1.54) is 12.1 Å². The fourth-order valence-electron chi connectivity index (χ4n) is 2.06. The van der Waals surface area contributed by atoms with Gasteiger partial charge in [0.05, 0.1) is 5.69 Å². The van der Waals surface area contributed by atoms with Crippen LogP contribution < -0.4 is 11.1 Å². The Kier molecular flexibility index (Phi) is 3.28. The van der Waals surface area contributed by atoms with Crippen molar-refractivity contribution in [3.63, 3.8) is 0 Å². The van der Waals surface area contributed by atoms with Crippen LogP contribution in [0.2, 0.25) is 0 Å². The Labute approximate surface area is 123 Å². The van der Waals surface area contributed by atoms with Crippen LogP contribution >= 0.6 is 15.9 Å². The van der Waals surface area contributed by atoms with Gasteiger partial charge in [0, 0.05) is 39.0 Å². The maximum Gasteiger partial charge on any atom is 0.125 e. The molecule has 20 heavy (non-hydrogen) atoms. The second-order valence-corrected chi connectivity index (χ2v) is 5.23. The fraction of sp³-hybridized carbons (Fsp3) is 0.